The molecule has 0 radical (unpaired) electrons. The fraction of sp³-hybridized carbons (Fsp3) is 0.222. The van der Waals surface area contributed by atoms with Crippen molar-refractivity contribution in [3.05, 3.63) is 28.8 Å². The largest absolute Gasteiger partial charge is 0.508 e. The standard InChI is InChI=1S/C9H10ClNO3/c1-11(14-2)9(13)7-5-6(12)3-4-8(7)10/h3-5,12H,1-2H3. The van der Waals surface area contributed by atoms with E-state index in [0.717, 1.165) is 5.06 Å². The summed E-state index contributed by atoms with van der Waals surface area (Å²) >= 11 is 5.78. The van der Waals surface area contributed by atoms with Gasteiger partial charge in [-0.15, -0.1) is 0 Å². The molecule has 1 rings (SSSR count). The Morgan fingerprint density at radius 2 is 2.21 bits per heavy atom. The van der Waals surface area contributed by atoms with E-state index in [-0.39, 0.29) is 16.3 Å². The first-order valence-electron chi connectivity index (χ1n) is 3.87. The van der Waals surface area contributed by atoms with E-state index >= 15 is 0 Å². The number of hydrogen-bond acceptors (Lipinski definition) is 3. The van der Waals surface area contributed by atoms with Crippen LogP contribution in [-0.4, -0.2) is 30.2 Å². The lowest BCUT2D eigenvalue weighted by Crippen LogP contribution is -2.25. The minimum Gasteiger partial charge on any atom is -0.508 e. The molecular formula is C9H10ClNO3. The molecule has 1 aromatic carbocycles. The third-order valence-corrected chi connectivity index (χ3v) is 2.07. The molecule has 0 spiro atoms. The number of amides is 1. The summed E-state index contributed by atoms with van der Waals surface area (Å²) in [6.07, 6.45) is 0. The molecule has 0 bridgehead atoms. The number of carbonyl (C=O) groups is 1. The van der Waals surface area contributed by atoms with E-state index in [9.17, 15) is 9.90 Å². The highest BCUT2D eigenvalue weighted by atomic mass is 35.5. The molecule has 4 nitrogen and oxygen atoms in total. The van der Waals surface area contributed by atoms with Gasteiger partial charge in [-0.3, -0.25) is 9.63 Å². The van der Waals surface area contributed by atoms with Crippen molar-refractivity contribution in [3.8, 4) is 5.75 Å². The van der Waals surface area contributed by atoms with Crippen molar-refractivity contribution >= 4 is 17.5 Å². The number of nitrogens with zero attached hydrogens (tertiary/aromatic N) is 1. The minimum absolute atomic E-state index is 0.0118. The van der Waals surface area contributed by atoms with Crippen molar-refractivity contribution in [1.82, 2.24) is 5.06 Å². The van der Waals surface area contributed by atoms with Crippen LogP contribution in [0.25, 0.3) is 0 Å². The zero-order valence-corrected chi connectivity index (χ0v) is 8.58. The molecule has 0 heterocycles. The Hall–Kier alpha value is -1.26. The van der Waals surface area contributed by atoms with Crippen LogP contribution in [0.3, 0.4) is 0 Å². The van der Waals surface area contributed by atoms with E-state index in [0.29, 0.717) is 0 Å². The van der Waals surface area contributed by atoms with Gasteiger partial charge < -0.3 is 5.11 Å². The number of rotatable bonds is 2. The molecule has 1 N–H and O–H groups in total. The van der Waals surface area contributed by atoms with E-state index < -0.39 is 5.91 Å². The Balaban J connectivity index is 3.06. The van der Waals surface area contributed by atoms with E-state index in [1.54, 1.807) is 0 Å². The van der Waals surface area contributed by atoms with E-state index in [2.05, 4.69) is 0 Å². The molecule has 5 heteroatoms. The van der Waals surface area contributed by atoms with Gasteiger partial charge in [0, 0.05) is 7.05 Å². The topological polar surface area (TPSA) is 49.8 Å². The van der Waals surface area contributed by atoms with Crippen LogP contribution in [0.4, 0.5) is 0 Å². The van der Waals surface area contributed by atoms with Gasteiger partial charge >= 0.3 is 0 Å². The molecule has 76 valence electrons. The van der Waals surface area contributed by atoms with Crippen molar-refractivity contribution in [3.63, 3.8) is 0 Å². The number of phenolic OH excluding ortho intramolecular Hbond substituents is 1. The number of hydrogen-bond donors (Lipinski definition) is 1. The summed E-state index contributed by atoms with van der Waals surface area (Å²) in [6.45, 7) is 0. The second kappa shape index (κ2) is 4.30. The van der Waals surface area contributed by atoms with Crippen LogP contribution in [0.15, 0.2) is 18.2 Å². The van der Waals surface area contributed by atoms with Crippen molar-refractivity contribution in [2.45, 2.75) is 0 Å². The summed E-state index contributed by atoms with van der Waals surface area (Å²) in [4.78, 5) is 16.3. The van der Waals surface area contributed by atoms with Gasteiger partial charge in [-0.2, -0.15) is 0 Å². The number of benzene rings is 1. The summed E-state index contributed by atoms with van der Waals surface area (Å²) in [6, 6.07) is 4.15. The summed E-state index contributed by atoms with van der Waals surface area (Å²) in [5.41, 5.74) is 0.205. The van der Waals surface area contributed by atoms with Crippen molar-refractivity contribution in [2.24, 2.45) is 0 Å². The maximum Gasteiger partial charge on any atom is 0.278 e. The molecule has 0 saturated heterocycles. The van der Waals surface area contributed by atoms with Gasteiger partial charge in [-0.25, -0.2) is 5.06 Å². The number of phenols is 1. The van der Waals surface area contributed by atoms with Crippen LogP contribution < -0.4 is 0 Å². The van der Waals surface area contributed by atoms with Gasteiger partial charge in [-0.05, 0) is 18.2 Å². The Morgan fingerprint density at radius 1 is 1.57 bits per heavy atom. The van der Waals surface area contributed by atoms with Gasteiger partial charge in [0.2, 0.25) is 0 Å². The van der Waals surface area contributed by atoms with Gasteiger partial charge in [0.1, 0.15) is 5.75 Å². The lowest BCUT2D eigenvalue weighted by atomic mass is 10.2. The molecule has 14 heavy (non-hydrogen) atoms. The first kappa shape index (κ1) is 10.8. The lowest BCUT2D eigenvalue weighted by Gasteiger charge is -2.14. The summed E-state index contributed by atoms with van der Waals surface area (Å²) in [5, 5.41) is 10.5. The van der Waals surface area contributed by atoms with Crippen LogP contribution in [0.2, 0.25) is 5.02 Å². The van der Waals surface area contributed by atoms with Crippen LogP contribution in [0.5, 0.6) is 5.75 Å². The van der Waals surface area contributed by atoms with Crippen molar-refractivity contribution in [2.75, 3.05) is 14.2 Å². The van der Waals surface area contributed by atoms with E-state index in [1.807, 2.05) is 0 Å². The third-order valence-electron chi connectivity index (χ3n) is 1.74. The first-order chi connectivity index (χ1) is 6.56. The highest BCUT2D eigenvalue weighted by Gasteiger charge is 2.15. The Labute approximate surface area is 86.6 Å². The van der Waals surface area contributed by atoms with Gasteiger partial charge in [0.05, 0.1) is 17.7 Å². The van der Waals surface area contributed by atoms with Gasteiger partial charge in [-0.1, -0.05) is 11.6 Å². The molecule has 1 amide bonds. The molecule has 0 aromatic heterocycles. The average molecular weight is 216 g/mol. The maximum absolute atomic E-state index is 11.6. The monoisotopic (exact) mass is 215 g/mol. The van der Waals surface area contributed by atoms with Crippen molar-refractivity contribution in [1.29, 1.82) is 0 Å². The maximum atomic E-state index is 11.6. The smallest absolute Gasteiger partial charge is 0.278 e. The Morgan fingerprint density at radius 3 is 2.79 bits per heavy atom. The number of halogens is 1. The predicted molar refractivity (Wildman–Crippen MR) is 52.2 cm³/mol. The quantitative estimate of drug-likeness (QED) is 0.764. The Kier molecular flexibility index (Phi) is 3.33. The van der Waals surface area contributed by atoms with Crippen LogP contribution in [-0.2, 0) is 4.84 Å². The molecule has 0 aliphatic rings. The second-order valence-electron chi connectivity index (χ2n) is 2.65. The zero-order chi connectivity index (χ0) is 10.7. The van der Waals surface area contributed by atoms with Crippen LogP contribution in [0.1, 0.15) is 10.4 Å². The summed E-state index contributed by atoms with van der Waals surface area (Å²) < 4.78 is 0. The van der Waals surface area contributed by atoms with E-state index in [4.69, 9.17) is 16.4 Å². The SMILES string of the molecule is CON(C)C(=O)c1cc(O)ccc1Cl. The average Bonchev–Trinajstić information content (AvgIpc) is 2.19. The highest BCUT2D eigenvalue weighted by molar-refractivity contribution is 6.33. The normalized spacial score (nSPS) is 9.93. The third kappa shape index (κ3) is 2.16. The highest BCUT2D eigenvalue weighted by Crippen LogP contribution is 2.22. The Bertz CT molecular complexity index is 354. The molecule has 0 aliphatic heterocycles. The minimum atomic E-state index is -0.409. The number of aromatic hydroxyl groups is 1. The molecular weight excluding hydrogens is 206 g/mol. The van der Waals surface area contributed by atoms with Gasteiger partial charge in [0.15, 0.2) is 0 Å². The zero-order valence-electron chi connectivity index (χ0n) is 7.82. The molecule has 0 saturated carbocycles. The fourth-order valence-corrected chi connectivity index (χ4v) is 1.13. The fourth-order valence-electron chi connectivity index (χ4n) is 0.930. The van der Waals surface area contributed by atoms with Crippen molar-refractivity contribution < 1.29 is 14.7 Å². The second-order valence-corrected chi connectivity index (χ2v) is 3.06. The predicted octanol–water partition coefficient (Wildman–Crippen LogP) is 1.68. The number of hydroxylamine groups is 2. The molecule has 0 aliphatic carbocycles. The molecule has 0 fully saturated rings. The van der Waals surface area contributed by atoms with E-state index in [1.165, 1.54) is 32.4 Å². The summed E-state index contributed by atoms with van der Waals surface area (Å²) in [7, 11) is 2.83. The molecule has 1 aromatic rings. The first-order valence-corrected chi connectivity index (χ1v) is 4.24. The van der Waals surface area contributed by atoms with Crippen LogP contribution in [0, 0.1) is 0 Å². The summed E-state index contributed by atoms with van der Waals surface area (Å²) in [5.74, 6) is -0.421. The molecule has 0 unspecified atom stereocenters. The van der Waals surface area contributed by atoms with Gasteiger partial charge in [0.25, 0.3) is 5.91 Å². The lowest BCUT2D eigenvalue weighted by molar-refractivity contribution is -0.0757. The number of carbonyl (C=O) groups excluding carboxylic acids is 1. The molecule has 0 atom stereocenters. The van der Waals surface area contributed by atoms with Crippen LogP contribution >= 0.6 is 11.6 Å².